The molecule has 0 radical (unpaired) electrons. The Balaban J connectivity index is 0.000000996. The summed E-state index contributed by atoms with van der Waals surface area (Å²) in [7, 11) is -5.23. The second-order valence-corrected chi connectivity index (χ2v) is 14.7. The molecule has 0 fully saturated rings. The molecule has 2 unspecified atom stereocenters. The minimum atomic E-state index is -4.23. The van der Waals surface area contributed by atoms with Gasteiger partial charge in [0.25, 0.3) is 10.1 Å². The van der Waals surface area contributed by atoms with E-state index in [2.05, 4.69) is 49.4 Å². The van der Waals surface area contributed by atoms with E-state index in [1.165, 1.54) is 5.56 Å². The molecule has 234 valence electrons. The SMILES string of the molecule is CC1CC(C)(C)[N+](C)=c2cc3c(cc21)=Nc1cc2c(cc1O3)N(CCCC(=O)O)C(C)(C)CC2CS(=O)(=O)O.O=S(=O)=O. The third kappa shape index (κ3) is 7.07. The van der Waals surface area contributed by atoms with Crippen molar-refractivity contribution in [3.8, 4) is 11.5 Å². The van der Waals surface area contributed by atoms with Crippen LogP contribution < -0.4 is 24.9 Å². The number of aliphatic carboxylic acids is 1. The van der Waals surface area contributed by atoms with Crippen molar-refractivity contribution in [2.75, 3.05) is 24.2 Å². The maximum atomic E-state index is 12.0. The molecule has 3 aliphatic heterocycles. The number of carboxylic acids is 1. The zero-order valence-corrected chi connectivity index (χ0v) is 26.8. The lowest BCUT2D eigenvalue weighted by Gasteiger charge is -2.48. The van der Waals surface area contributed by atoms with Gasteiger partial charge in [0.2, 0.25) is 5.36 Å². The Kier molecular flexibility index (Phi) is 8.80. The van der Waals surface area contributed by atoms with Crippen LogP contribution in [0, 0.1) is 0 Å². The zero-order valence-electron chi connectivity index (χ0n) is 25.1. The van der Waals surface area contributed by atoms with E-state index in [0.717, 1.165) is 28.4 Å². The zero-order chi connectivity index (χ0) is 32.1. The molecule has 14 heteroatoms. The molecule has 0 aliphatic carbocycles. The quantitative estimate of drug-likeness (QED) is 0.303. The van der Waals surface area contributed by atoms with Gasteiger partial charge in [-0.2, -0.15) is 8.42 Å². The van der Waals surface area contributed by atoms with E-state index in [0.29, 0.717) is 42.5 Å². The third-order valence-electron chi connectivity index (χ3n) is 8.67. The molecule has 2 atom stereocenters. The molecule has 0 saturated heterocycles. The van der Waals surface area contributed by atoms with Crippen molar-refractivity contribution in [2.24, 2.45) is 4.99 Å². The summed E-state index contributed by atoms with van der Waals surface area (Å²) < 4.78 is 67.7. The van der Waals surface area contributed by atoms with E-state index in [1.807, 2.05) is 26.0 Å². The lowest BCUT2D eigenvalue weighted by Crippen LogP contribution is -2.50. The van der Waals surface area contributed by atoms with Crippen LogP contribution in [0.15, 0.2) is 29.3 Å². The molecule has 0 bridgehead atoms. The molecule has 3 aliphatic rings. The van der Waals surface area contributed by atoms with Gasteiger partial charge in [-0.15, -0.1) is 12.6 Å². The standard InChI is InChI=1S/C29H37N3O6S.O3S/c1-17-14-28(2,3)31(6)23-12-25-21(10-19(17)23)30-22-11-20-18(16-39(35,36)37)15-29(4,5)32(9-7-8-27(33)34)24(20)13-26(22)38-25;1-4(2)3/h10-13,17-18H,7-9,14-16H2,1-6H3,(H-,33,34,35,36,37);/p+1. The van der Waals surface area contributed by atoms with Gasteiger partial charge in [-0.3, -0.25) is 9.35 Å². The van der Waals surface area contributed by atoms with Crippen molar-refractivity contribution in [2.45, 2.75) is 83.2 Å². The molecule has 5 rings (SSSR count). The van der Waals surface area contributed by atoms with Crippen LogP contribution in [-0.4, -0.2) is 67.1 Å². The number of rotatable bonds is 6. The van der Waals surface area contributed by atoms with Gasteiger partial charge in [0.05, 0.1) is 11.8 Å². The van der Waals surface area contributed by atoms with Gasteiger partial charge in [0.15, 0.2) is 17.0 Å². The molecule has 0 aromatic heterocycles. The van der Waals surface area contributed by atoms with Gasteiger partial charge >= 0.3 is 16.6 Å². The van der Waals surface area contributed by atoms with E-state index >= 15 is 0 Å². The number of fused-ring (bicyclic) bond motifs is 4. The Hall–Kier alpha value is -3.36. The van der Waals surface area contributed by atoms with Crippen molar-refractivity contribution in [3.63, 3.8) is 0 Å². The van der Waals surface area contributed by atoms with Gasteiger partial charge in [-0.1, -0.05) is 6.92 Å². The van der Waals surface area contributed by atoms with Crippen LogP contribution in [0.5, 0.6) is 11.5 Å². The van der Waals surface area contributed by atoms with Gasteiger partial charge in [0.1, 0.15) is 18.1 Å². The first-order valence-corrected chi connectivity index (χ1v) is 16.6. The number of anilines is 1. The first kappa shape index (κ1) is 32.6. The summed E-state index contributed by atoms with van der Waals surface area (Å²) in [5.41, 5.74) is 2.93. The maximum absolute atomic E-state index is 12.0. The molecule has 43 heavy (non-hydrogen) atoms. The number of benzene rings is 2. The van der Waals surface area contributed by atoms with Crippen LogP contribution in [-0.2, 0) is 25.5 Å². The Bertz CT molecular complexity index is 1810. The minimum absolute atomic E-state index is 0.00747. The summed E-state index contributed by atoms with van der Waals surface area (Å²) in [6.45, 7) is 11.2. The van der Waals surface area contributed by atoms with Crippen molar-refractivity contribution in [1.29, 1.82) is 0 Å². The summed E-state index contributed by atoms with van der Waals surface area (Å²) in [4.78, 5) is 18.3. The lowest BCUT2D eigenvalue weighted by atomic mass is 9.79. The molecule has 0 spiro atoms. The van der Waals surface area contributed by atoms with Gasteiger partial charge < -0.3 is 14.7 Å². The van der Waals surface area contributed by atoms with Crippen LogP contribution in [0.25, 0.3) is 0 Å². The fraction of sp³-hybridized carbons (Fsp3) is 0.552. The second-order valence-electron chi connectivity index (χ2n) is 12.8. The third-order valence-corrected chi connectivity index (χ3v) is 9.50. The number of carbonyl (C=O) groups is 1. The van der Waals surface area contributed by atoms with Crippen molar-refractivity contribution >= 4 is 38.1 Å². The minimum Gasteiger partial charge on any atom is -0.481 e. The van der Waals surface area contributed by atoms with Crippen LogP contribution in [0.2, 0.25) is 0 Å². The van der Waals surface area contributed by atoms with Crippen molar-refractivity contribution < 1.29 is 40.2 Å². The highest BCUT2D eigenvalue weighted by molar-refractivity contribution is 7.85. The fourth-order valence-electron chi connectivity index (χ4n) is 6.67. The molecule has 2 aromatic rings. The summed E-state index contributed by atoms with van der Waals surface area (Å²) in [6.07, 6.45) is 1.98. The van der Waals surface area contributed by atoms with E-state index < -0.39 is 43.9 Å². The molecule has 0 saturated carbocycles. The number of hydrogen-bond acceptors (Lipinski definition) is 9. The fourth-order valence-corrected chi connectivity index (χ4v) is 7.47. The molecular formula is C29H38N3O9S2+. The molecule has 12 nitrogen and oxygen atoms in total. The lowest BCUT2D eigenvalue weighted by molar-refractivity contribution is -0.137. The van der Waals surface area contributed by atoms with E-state index in [4.69, 9.17) is 22.4 Å². The van der Waals surface area contributed by atoms with Crippen molar-refractivity contribution in [1.82, 2.24) is 4.58 Å². The Morgan fingerprint density at radius 3 is 2.35 bits per heavy atom. The summed E-state index contributed by atoms with van der Waals surface area (Å²) in [6, 6.07) is 7.93. The molecule has 2 aromatic carbocycles. The number of nitrogens with zero attached hydrogens (tertiary/aromatic N) is 3. The molecule has 2 N–H and O–H groups in total. The first-order chi connectivity index (χ1) is 19.8. The number of ether oxygens (including phenoxy) is 1. The normalized spacial score (nSPS) is 21.0. The summed E-state index contributed by atoms with van der Waals surface area (Å²) >= 11 is 0. The highest BCUT2D eigenvalue weighted by Gasteiger charge is 2.41. The van der Waals surface area contributed by atoms with Gasteiger partial charge in [-0.25, -0.2) is 9.57 Å². The summed E-state index contributed by atoms with van der Waals surface area (Å²) in [5.74, 6) is -0.0994. The highest BCUT2D eigenvalue weighted by atomic mass is 32.2. The smallest absolute Gasteiger partial charge is 0.425 e. The van der Waals surface area contributed by atoms with E-state index in [9.17, 15) is 22.9 Å². The Labute approximate surface area is 252 Å². The topological polar surface area (TPSA) is 171 Å². The van der Waals surface area contributed by atoms with Crippen molar-refractivity contribution in [3.05, 3.63) is 46.1 Å². The first-order valence-electron chi connectivity index (χ1n) is 14.0. The van der Waals surface area contributed by atoms with Crippen LogP contribution in [0.1, 0.15) is 83.3 Å². The molecule has 0 amide bonds. The average Bonchev–Trinajstić information content (AvgIpc) is 2.84. The predicted octanol–water partition coefficient (Wildman–Crippen LogP) is 2.97. The average molecular weight is 637 g/mol. The Morgan fingerprint density at radius 2 is 1.74 bits per heavy atom. The summed E-state index contributed by atoms with van der Waals surface area (Å²) in [5, 5.41) is 11.1. The second kappa shape index (κ2) is 11.6. The predicted molar refractivity (Wildman–Crippen MR) is 159 cm³/mol. The molecular weight excluding hydrogens is 598 g/mol. The maximum Gasteiger partial charge on any atom is 0.425 e. The molecule has 3 heterocycles. The van der Waals surface area contributed by atoms with Gasteiger partial charge in [0, 0.05) is 48.2 Å². The number of carboxylic acid groups (broad SMARTS) is 1. The number of hydrogen-bond donors (Lipinski definition) is 2. The van der Waals surface area contributed by atoms with E-state index in [-0.39, 0.29) is 12.0 Å². The highest BCUT2D eigenvalue weighted by Crippen LogP contribution is 2.49. The van der Waals surface area contributed by atoms with Crippen LogP contribution >= 0.6 is 0 Å². The monoisotopic (exact) mass is 636 g/mol. The van der Waals surface area contributed by atoms with Crippen LogP contribution in [0.3, 0.4) is 0 Å². The largest absolute Gasteiger partial charge is 0.481 e. The van der Waals surface area contributed by atoms with Crippen LogP contribution in [0.4, 0.5) is 11.4 Å². The van der Waals surface area contributed by atoms with Gasteiger partial charge in [-0.05, 0) is 64.2 Å². The Morgan fingerprint density at radius 1 is 1.09 bits per heavy atom. The van der Waals surface area contributed by atoms with E-state index in [1.54, 1.807) is 0 Å².